The van der Waals surface area contributed by atoms with Gasteiger partial charge in [-0.25, -0.2) is 0 Å². The predicted octanol–water partition coefficient (Wildman–Crippen LogP) is 0.718. The molecular weight excluding hydrogens is 204 g/mol. The maximum absolute atomic E-state index is 6.10. The summed E-state index contributed by atoms with van der Waals surface area (Å²) in [5.74, 6) is 1.83. The van der Waals surface area contributed by atoms with Gasteiger partial charge >= 0.3 is 6.01 Å². The monoisotopic (exact) mass is 220 g/mol. The van der Waals surface area contributed by atoms with Crippen LogP contribution in [0, 0.1) is 18.8 Å². The lowest BCUT2D eigenvalue weighted by Crippen LogP contribution is -2.49. The van der Waals surface area contributed by atoms with E-state index < -0.39 is 0 Å². The molecule has 0 aromatic carbocycles. The van der Waals surface area contributed by atoms with Crippen LogP contribution in [0.3, 0.4) is 0 Å². The van der Waals surface area contributed by atoms with Crippen molar-refractivity contribution in [3.8, 4) is 0 Å². The number of aromatic nitrogens is 2. The molecule has 1 aliphatic heterocycles. The fourth-order valence-corrected chi connectivity index (χ4v) is 2.90. The molecule has 2 N–H and O–H groups in total. The first-order valence-electron chi connectivity index (χ1n) is 5.67. The number of aryl methyl sites for hydroxylation is 1. The molecule has 1 saturated heterocycles. The van der Waals surface area contributed by atoms with E-state index in [9.17, 15) is 0 Å². The molecule has 0 bridgehead atoms. The Balaban J connectivity index is 1.79. The van der Waals surface area contributed by atoms with Crippen molar-refractivity contribution in [1.29, 1.82) is 0 Å². The molecule has 0 radical (unpaired) electrons. The van der Waals surface area contributed by atoms with Gasteiger partial charge in [0.25, 0.3) is 0 Å². The Morgan fingerprint density at radius 1 is 1.50 bits per heavy atom. The Morgan fingerprint density at radius 3 is 2.94 bits per heavy atom. The number of hydrogen-bond donors (Lipinski definition) is 1. The molecule has 3 atom stereocenters. The fourth-order valence-electron chi connectivity index (χ4n) is 2.90. The predicted molar refractivity (Wildman–Crippen MR) is 60.0 cm³/mol. The van der Waals surface area contributed by atoms with Gasteiger partial charge in [-0.2, -0.15) is 4.98 Å². The van der Waals surface area contributed by atoms with Gasteiger partial charge in [-0.1, -0.05) is 16.8 Å². The third kappa shape index (κ3) is 1.21. The van der Waals surface area contributed by atoms with Crippen LogP contribution in [0.5, 0.6) is 0 Å². The Kier molecular flexibility index (Phi) is 2.04. The van der Waals surface area contributed by atoms with Crippen molar-refractivity contribution in [3.05, 3.63) is 17.5 Å². The second-order valence-corrected chi connectivity index (χ2v) is 4.61. The summed E-state index contributed by atoms with van der Waals surface area (Å²) >= 11 is 0. The molecule has 3 rings (SSSR count). The van der Waals surface area contributed by atoms with E-state index in [-0.39, 0.29) is 6.04 Å². The first-order valence-corrected chi connectivity index (χ1v) is 5.67. The highest BCUT2D eigenvalue weighted by Crippen LogP contribution is 2.45. The van der Waals surface area contributed by atoms with Crippen molar-refractivity contribution in [2.24, 2.45) is 17.6 Å². The standard InChI is InChI=1S/C11H16N4O/c1-3-7-8-4-15(5-9(8)10(7)12)11-13-6(2)14-16-11/h3,8-10H,4-5,12H2,1-2H3/b7-3+. The fraction of sp³-hybridized carbons (Fsp3) is 0.636. The van der Waals surface area contributed by atoms with Gasteiger partial charge in [0.2, 0.25) is 0 Å². The molecule has 16 heavy (non-hydrogen) atoms. The SMILES string of the molecule is C/C=C1/C(N)C2CN(c3nc(C)no3)CC12. The number of allylic oxidation sites excluding steroid dienone is 1. The van der Waals surface area contributed by atoms with Crippen molar-refractivity contribution in [1.82, 2.24) is 10.1 Å². The zero-order valence-electron chi connectivity index (χ0n) is 9.55. The van der Waals surface area contributed by atoms with Crippen LogP contribution in [0.15, 0.2) is 16.2 Å². The molecule has 5 nitrogen and oxygen atoms in total. The molecule has 0 amide bonds. The number of hydrogen-bond acceptors (Lipinski definition) is 5. The average molecular weight is 220 g/mol. The van der Waals surface area contributed by atoms with Crippen molar-refractivity contribution in [2.45, 2.75) is 19.9 Å². The summed E-state index contributed by atoms with van der Waals surface area (Å²) in [6, 6.07) is 0.860. The highest BCUT2D eigenvalue weighted by molar-refractivity contribution is 5.39. The summed E-state index contributed by atoms with van der Waals surface area (Å²) in [6.07, 6.45) is 2.15. The van der Waals surface area contributed by atoms with Crippen LogP contribution in [-0.4, -0.2) is 29.3 Å². The van der Waals surface area contributed by atoms with Gasteiger partial charge < -0.3 is 15.2 Å². The maximum atomic E-state index is 6.10. The summed E-state index contributed by atoms with van der Waals surface area (Å²) in [5.41, 5.74) is 7.48. The number of rotatable bonds is 1. The molecular formula is C11H16N4O. The van der Waals surface area contributed by atoms with Crippen molar-refractivity contribution >= 4 is 6.01 Å². The van der Waals surface area contributed by atoms with Crippen LogP contribution in [0.2, 0.25) is 0 Å². The zero-order chi connectivity index (χ0) is 11.3. The molecule has 1 aliphatic carbocycles. The third-order valence-electron chi connectivity index (χ3n) is 3.76. The Morgan fingerprint density at radius 2 is 2.31 bits per heavy atom. The minimum Gasteiger partial charge on any atom is -0.324 e. The van der Waals surface area contributed by atoms with E-state index in [4.69, 9.17) is 10.3 Å². The second-order valence-electron chi connectivity index (χ2n) is 4.61. The Bertz CT molecular complexity index is 439. The summed E-state index contributed by atoms with van der Waals surface area (Å²) in [5, 5.41) is 3.82. The summed E-state index contributed by atoms with van der Waals surface area (Å²) in [7, 11) is 0. The van der Waals surface area contributed by atoms with Gasteiger partial charge in [-0.05, 0) is 13.8 Å². The zero-order valence-corrected chi connectivity index (χ0v) is 9.55. The Hall–Kier alpha value is -1.36. The van der Waals surface area contributed by atoms with Gasteiger partial charge in [-0.15, -0.1) is 0 Å². The van der Waals surface area contributed by atoms with Gasteiger partial charge in [-0.3, -0.25) is 0 Å². The minimum atomic E-state index is 0.226. The van der Waals surface area contributed by atoms with Crippen LogP contribution < -0.4 is 10.6 Å². The van der Waals surface area contributed by atoms with E-state index in [0.717, 1.165) is 13.1 Å². The Labute approximate surface area is 94.3 Å². The smallest absolute Gasteiger partial charge is 0.324 e. The molecule has 1 saturated carbocycles. The molecule has 0 spiro atoms. The molecule has 86 valence electrons. The quantitative estimate of drug-likeness (QED) is 0.706. The summed E-state index contributed by atoms with van der Waals surface area (Å²) in [4.78, 5) is 6.40. The van der Waals surface area contributed by atoms with Crippen LogP contribution in [0.25, 0.3) is 0 Å². The summed E-state index contributed by atoms with van der Waals surface area (Å²) in [6.45, 7) is 5.79. The van der Waals surface area contributed by atoms with Gasteiger partial charge in [0.05, 0.1) is 0 Å². The average Bonchev–Trinajstić information content (AvgIpc) is 2.83. The van der Waals surface area contributed by atoms with E-state index in [1.807, 2.05) is 6.92 Å². The highest BCUT2D eigenvalue weighted by atomic mass is 16.5. The second kappa shape index (κ2) is 3.31. The van der Waals surface area contributed by atoms with Gasteiger partial charge in [0, 0.05) is 31.0 Å². The minimum absolute atomic E-state index is 0.226. The van der Waals surface area contributed by atoms with E-state index in [1.54, 1.807) is 0 Å². The van der Waals surface area contributed by atoms with E-state index in [0.29, 0.717) is 23.7 Å². The van der Waals surface area contributed by atoms with Crippen molar-refractivity contribution < 1.29 is 4.52 Å². The lowest BCUT2D eigenvalue weighted by atomic mass is 9.67. The van der Waals surface area contributed by atoms with Crippen LogP contribution >= 0.6 is 0 Å². The topological polar surface area (TPSA) is 68.2 Å². The lowest BCUT2D eigenvalue weighted by Gasteiger charge is -2.40. The van der Waals surface area contributed by atoms with Gasteiger partial charge in [0.15, 0.2) is 5.82 Å². The molecule has 5 heteroatoms. The number of anilines is 1. The number of fused-ring (bicyclic) bond motifs is 1. The molecule has 1 aromatic rings. The first-order chi connectivity index (χ1) is 7.70. The molecule has 3 unspecified atom stereocenters. The van der Waals surface area contributed by atoms with E-state index in [1.165, 1.54) is 5.57 Å². The van der Waals surface area contributed by atoms with E-state index >= 15 is 0 Å². The first kappa shape index (κ1) is 9.84. The summed E-state index contributed by atoms with van der Waals surface area (Å²) < 4.78 is 5.18. The molecule has 2 fully saturated rings. The number of nitrogens with two attached hydrogens (primary N) is 1. The third-order valence-corrected chi connectivity index (χ3v) is 3.76. The molecule has 2 aliphatic rings. The maximum Gasteiger partial charge on any atom is 0.324 e. The molecule has 1 aromatic heterocycles. The van der Waals surface area contributed by atoms with Gasteiger partial charge in [0.1, 0.15) is 0 Å². The highest BCUT2D eigenvalue weighted by Gasteiger charge is 2.49. The lowest BCUT2D eigenvalue weighted by molar-refractivity contribution is 0.301. The van der Waals surface area contributed by atoms with Crippen LogP contribution in [0.4, 0.5) is 6.01 Å². The van der Waals surface area contributed by atoms with Crippen LogP contribution in [0.1, 0.15) is 12.7 Å². The normalized spacial score (nSPS) is 35.3. The number of nitrogens with zero attached hydrogens (tertiary/aromatic N) is 3. The van der Waals surface area contributed by atoms with Crippen LogP contribution in [-0.2, 0) is 0 Å². The van der Waals surface area contributed by atoms with Crippen molar-refractivity contribution in [2.75, 3.05) is 18.0 Å². The largest absolute Gasteiger partial charge is 0.324 e. The molecule has 2 heterocycles. The van der Waals surface area contributed by atoms with E-state index in [2.05, 4.69) is 28.0 Å². The van der Waals surface area contributed by atoms with Crippen molar-refractivity contribution in [3.63, 3.8) is 0 Å².